The van der Waals surface area contributed by atoms with Gasteiger partial charge in [-0.1, -0.05) is 53.5 Å². The standard InChI is InChI=1S/C25H26Cl2N2O3S/c1-16-10-18(3)24(11-17(16)2)19(4)28-25(30)15-29(22-13-20(26)12-21(27)14-22)33(31,32)23-8-6-5-7-9-23/h5-14,19H,15H2,1-4H3,(H,28,30). The minimum atomic E-state index is -4.05. The molecule has 0 radical (unpaired) electrons. The Balaban J connectivity index is 1.93. The van der Waals surface area contributed by atoms with Gasteiger partial charge in [0.25, 0.3) is 10.0 Å². The van der Waals surface area contributed by atoms with Gasteiger partial charge in [-0.15, -0.1) is 0 Å². The van der Waals surface area contributed by atoms with E-state index < -0.39 is 22.5 Å². The Kier molecular flexibility index (Phi) is 7.73. The maximum Gasteiger partial charge on any atom is 0.264 e. The first-order valence-electron chi connectivity index (χ1n) is 10.4. The number of rotatable bonds is 7. The molecule has 0 bridgehead atoms. The second-order valence-electron chi connectivity index (χ2n) is 8.03. The first-order chi connectivity index (χ1) is 15.5. The van der Waals surface area contributed by atoms with E-state index in [0.717, 1.165) is 21.0 Å². The fraction of sp³-hybridized carbons (Fsp3) is 0.240. The lowest BCUT2D eigenvalue weighted by atomic mass is 9.96. The molecule has 3 rings (SSSR count). The number of halogens is 2. The summed E-state index contributed by atoms with van der Waals surface area (Å²) in [6.45, 7) is 7.50. The van der Waals surface area contributed by atoms with Gasteiger partial charge in [0.2, 0.25) is 5.91 Å². The summed E-state index contributed by atoms with van der Waals surface area (Å²) in [4.78, 5) is 13.1. The highest BCUT2D eigenvalue weighted by Crippen LogP contribution is 2.30. The molecule has 0 aromatic heterocycles. The van der Waals surface area contributed by atoms with Gasteiger partial charge in [0, 0.05) is 10.0 Å². The summed E-state index contributed by atoms with van der Waals surface area (Å²) in [6.07, 6.45) is 0. The Bertz CT molecular complexity index is 1260. The second-order valence-corrected chi connectivity index (χ2v) is 10.8. The Morgan fingerprint density at radius 3 is 2.09 bits per heavy atom. The summed E-state index contributed by atoms with van der Waals surface area (Å²) < 4.78 is 27.9. The number of carbonyl (C=O) groups excluding carboxylic acids is 1. The van der Waals surface area contributed by atoms with Crippen molar-refractivity contribution in [3.63, 3.8) is 0 Å². The van der Waals surface area contributed by atoms with Crippen molar-refractivity contribution in [2.75, 3.05) is 10.8 Å². The molecule has 0 aliphatic heterocycles. The van der Waals surface area contributed by atoms with E-state index in [9.17, 15) is 13.2 Å². The third-order valence-electron chi connectivity index (χ3n) is 5.48. The third-order valence-corrected chi connectivity index (χ3v) is 7.70. The van der Waals surface area contributed by atoms with Crippen molar-refractivity contribution >= 4 is 44.8 Å². The highest BCUT2D eigenvalue weighted by molar-refractivity contribution is 7.92. The molecule has 3 aromatic rings. The number of nitrogens with one attached hydrogen (secondary N) is 1. The first-order valence-corrected chi connectivity index (χ1v) is 12.6. The molecular weight excluding hydrogens is 479 g/mol. The van der Waals surface area contributed by atoms with Crippen LogP contribution in [0.25, 0.3) is 0 Å². The highest BCUT2D eigenvalue weighted by atomic mass is 35.5. The lowest BCUT2D eigenvalue weighted by molar-refractivity contribution is -0.120. The normalized spacial score (nSPS) is 12.3. The smallest absolute Gasteiger partial charge is 0.264 e. The van der Waals surface area contributed by atoms with E-state index in [1.807, 2.05) is 33.8 Å². The van der Waals surface area contributed by atoms with Gasteiger partial charge in [-0.3, -0.25) is 9.10 Å². The maximum atomic E-state index is 13.4. The lowest BCUT2D eigenvalue weighted by Crippen LogP contribution is -2.41. The lowest BCUT2D eigenvalue weighted by Gasteiger charge is -2.26. The van der Waals surface area contributed by atoms with E-state index >= 15 is 0 Å². The molecule has 1 unspecified atom stereocenters. The van der Waals surface area contributed by atoms with Gasteiger partial charge in [0.1, 0.15) is 6.54 Å². The Morgan fingerprint density at radius 1 is 0.909 bits per heavy atom. The van der Waals surface area contributed by atoms with Crippen molar-refractivity contribution < 1.29 is 13.2 Å². The molecule has 0 heterocycles. The fourth-order valence-electron chi connectivity index (χ4n) is 3.66. The van der Waals surface area contributed by atoms with Gasteiger partial charge in [-0.2, -0.15) is 0 Å². The van der Waals surface area contributed by atoms with Crippen molar-refractivity contribution in [3.8, 4) is 0 Å². The van der Waals surface area contributed by atoms with E-state index in [2.05, 4.69) is 11.4 Å². The van der Waals surface area contributed by atoms with Crippen molar-refractivity contribution in [3.05, 3.63) is 93.0 Å². The van der Waals surface area contributed by atoms with Crippen LogP contribution in [0, 0.1) is 20.8 Å². The van der Waals surface area contributed by atoms with Gasteiger partial charge in [0.05, 0.1) is 16.6 Å². The predicted molar refractivity (Wildman–Crippen MR) is 135 cm³/mol. The van der Waals surface area contributed by atoms with Crippen molar-refractivity contribution in [2.24, 2.45) is 0 Å². The zero-order valence-corrected chi connectivity index (χ0v) is 21.2. The summed E-state index contributed by atoms with van der Waals surface area (Å²) in [5.41, 5.74) is 4.55. The van der Waals surface area contributed by atoms with Crippen LogP contribution in [0.4, 0.5) is 5.69 Å². The van der Waals surface area contributed by atoms with Crippen molar-refractivity contribution in [1.82, 2.24) is 5.32 Å². The van der Waals surface area contributed by atoms with Gasteiger partial charge in [-0.25, -0.2) is 8.42 Å². The molecule has 1 N–H and O–H groups in total. The topological polar surface area (TPSA) is 66.5 Å². The van der Waals surface area contributed by atoms with Crippen LogP contribution in [-0.2, 0) is 14.8 Å². The number of benzene rings is 3. The zero-order chi connectivity index (χ0) is 24.3. The fourth-order valence-corrected chi connectivity index (χ4v) is 5.60. The van der Waals surface area contributed by atoms with Gasteiger partial charge >= 0.3 is 0 Å². The van der Waals surface area contributed by atoms with Crippen LogP contribution in [0.5, 0.6) is 0 Å². The van der Waals surface area contributed by atoms with Crippen molar-refractivity contribution in [1.29, 1.82) is 0 Å². The van der Waals surface area contributed by atoms with Crippen LogP contribution in [-0.4, -0.2) is 20.9 Å². The van der Waals surface area contributed by atoms with E-state index in [4.69, 9.17) is 23.2 Å². The Labute approximate surface area is 205 Å². The number of nitrogens with zero attached hydrogens (tertiary/aromatic N) is 1. The summed E-state index contributed by atoms with van der Waals surface area (Å²) in [5.74, 6) is -0.448. The molecule has 0 fully saturated rings. The number of aryl methyl sites for hydroxylation is 3. The second kappa shape index (κ2) is 10.2. The van der Waals surface area contributed by atoms with Crippen LogP contribution in [0.3, 0.4) is 0 Å². The number of carbonyl (C=O) groups is 1. The van der Waals surface area contributed by atoms with E-state index in [-0.39, 0.29) is 26.7 Å². The summed E-state index contributed by atoms with van der Waals surface area (Å²) in [7, 11) is -4.05. The Hall–Kier alpha value is -2.54. The van der Waals surface area contributed by atoms with Crippen molar-refractivity contribution in [2.45, 2.75) is 38.6 Å². The molecule has 33 heavy (non-hydrogen) atoms. The molecule has 3 aromatic carbocycles. The summed E-state index contributed by atoms with van der Waals surface area (Å²) in [6, 6.07) is 16.2. The number of anilines is 1. The number of hydrogen-bond acceptors (Lipinski definition) is 3. The quantitative estimate of drug-likeness (QED) is 0.429. The van der Waals surface area contributed by atoms with E-state index in [1.54, 1.807) is 18.2 Å². The van der Waals surface area contributed by atoms with E-state index in [0.29, 0.717) is 0 Å². The molecular formula is C25H26Cl2N2O3S. The molecule has 5 nitrogen and oxygen atoms in total. The Morgan fingerprint density at radius 2 is 1.48 bits per heavy atom. The van der Waals surface area contributed by atoms with E-state index in [1.165, 1.54) is 35.9 Å². The molecule has 0 aliphatic carbocycles. The minimum Gasteiger partial charge on any atom is -0.348 e. The molecule has 8 heteroatoms. The number of sulfonamides is 1. The van der Waals surface area contributed by atoms with Crippen LogP contribution in [0.2, 0.25) is 10.0 Å². The van der Waals surface area contributed by atoms with Crippen LogP contribution < -0.4 is 9.62 Å². The molecule has 1 amide bonds. The van der Waals surface area contributed by atoms with Crippen LogP contribution >= 0.6 is 23.2 Å². The molecule has 1 atom stereocenters. The first kappa shape index (κ1) is 25.1. The zero-order valence-electron chi connectivity index (χ0n) is 18.9. The maximum absolute atomic E-state index is 13.4. The molecule has 0 spiro atoms. The average molecular weight is 505 g/mol. The SMILES string of the molecule is Cc1cc(C)c(C(C)NC(=O)CN(c2cc(Cl)cc(Cl)c2)S(=O)(=O)c2ccccc2)cc1C. The molecule has 0 saturated heterocycles. The average Bonchev–Trinajstić information content (AvgIpc) is 2.74. The van der Waals surface area contributed by atoms with Crippen LogP contribution in [0.15, 0.2) is 65.6 Å². The highest BCUT2D eigenvalue weighted by Gasteiger charge is 2.28. The largest absolute Gasteiger partial charge is 0.348 e. The number of amides is 1. The van der Waals surface area contributed by atoms with Crippen LogP contribution in [0.1, 0.15) is 35.2 Å². The number of hydrogen-bond donors (Lipinski definition) is 1. The van der Waals surface area contributed by atoms with Gasteiger partial charge < -0.3 is 5.32 Å². The molecule has 0 aliphatic rings. The molecule has 174 valence electrons. The molecule has 0 saturated carbocycles. The third kappa shape index (κ3) is 5.88. The predicted octanol–water partition coefficient (Wildman–Crippen LogP) is 5.99. The summed E-state index contributed by atoms with van der Waals surface area (Å²) >= 11 is 12.3. The minimum absolute atomic E-state index is 0.0620. The van der Waals surface area contributed by atoms with Gasteiger partial charge in [-0.05, 0) is 80.3 Å². The summed E-state index contributed by atoms with van der Waals surface area (Å²) in [5, 5.41) is 3.46. The van der Waals surface area contributed by atoms with Gasteiger partial charge in [0.15, 0.2) is 0 Å². The monoisotopic (exact) mass is 504 g/mol.